The number of carbonyl (C=O) groups is 1. The van der Waals surface area contributed by atoms with Gasteiger partial charge in [-0.05, 0) is 32.2 Å². The van der Waals surface area contributed by atoms with Crippen molar-refractivity contribution in [3.05, 3.63) is 0 Å². The molecule has 116 valence electrons. The number of nitrogens with zero attached hydrogens (tertiary/aromatic N) is 2. The Morgan fingerprint density at radius 1 is 1.20 bits per heavy atom. The first-order chi connectivity index (χ1) is 9.51. The molecule has 1 amide bonds. The molecule has 2 unspecified atom stereocenters. The molecule has 0 aromatic heterocycles. The van der Waals surface area contributed by atoms with Gasteiger partial charge in [-0.25, -0.2) is 0 Å². The van der Waals surface area contributed by atoms with E-state index >= 15 is 0 Å². The molecule has 0 aromatic rings. The van der Waals surface area contributed by atoms with Crippen molar-refractivity contribution >= 4 is 5.91 Å². The van der Waals surface area contributed by atoms with Gasteiger partial charge < -0.3 is 10.2 Å². The van der Waals surface area contributed by atoms with Gasteiger partial charge >= 0.3 is 0 Å². The second-order valence-electron chi connectivity index (χ2n) is 6.82. The van der Waals surface area contributed by atoms with Crippen molar-refractivity contribution in [1.82, 2.24) is 15.1 Å². The van der Waals surface area contributed by atoms with E-state index in [1.54, 1.807) is 0 Å². The number of nitrogens with one attached hydrogen (secondary N) is 1. The van der Waals surface area contributed by atoms with Gasteiger partial charge in [0.25, 0.3) is 0 Å². The minimum atomic E-state index is -0.154. The van der Waals surface area contributed by atoms with Crippen LogP contribution in [0.5, 0.6) is 0 Å². The molecular formula is C16H31N3O. The fourth-order valence-electron chi connectivity index (χ4n) is 3.57. The fourth-order valence-corrected chi connectivity index (χ4v) is 3.57. The Balaban J connectivity index is 1.97. The molecule has 2 atom stereocenters. The van der Waals surface area contributed by atoms with E-state index < -0.39 is 0 Å². The van der Waals surface area contributed by atoms with E-state index in [0.29, 0.717) is 17.9 Å². The minimum absolute atomic E-state index is 0.154. The highest BCUT2D eigenvalue weighted by molar-refractivity contribution is 5.84. The molecule has 2 aliphatic rings. The Morgan fingerprint density at radius 2 is 1.85 bits per heavy atom. The number of rotatable bonds is 4. The van der Waals surface area contributed by atoms with Crippen LogP contribution in [0.2, 0.25) is 0 Å². The molecular weight excluding hydrogens is 250 g/mol. The Morgan fingerprint density at radius 3 is 2.30 bits per heavy atom. The zero-order chi connectivity index (χ0) is 14.8. The molecule has 20 heavy (non-hydrogen) atoms. The molecule has 0 bridgehead atoms. The number of amides is 1. The van der Waals surface area contributed by atoms with Gasteiger partial charge in [-0.1, -0.05) is 20.8 Å². The second kappa shape index (κ2) is 6.44. The van der Waals surface area contributed by atoms with Crippen LogP contribution in [0.1, 0.15) is 40.5 Å². The third-order valence-corrected chi connectivity index (χ3v) is 5.54. The summed E-state index contributed by atoms with van der Waals surface area (Å²) in [4.78, 5) is 17.6. The molecule has 2 heterocycles. The maximum Gasteiger partial charge on any atom is 0.230 e. The first kappa shape index (κ1) is 15.8. The van der Waals surface area contributed by atoms with Crippen LogP contribution >= 0.6 is 0 Å². The normalized spacial score (nSPS) is 29.9. The van der Waals surface area contributed by atoms with Gasteiger partial charge in [-0.15, -0.1) is 0 Å². The van der Waals surface area contributed by atoms with Crippen LogP contribution in [-0.2, 0) is 4.79 Å². The summed E-state index contributed by atoms with van der Waals surface area (Å²) in [5.74, 6) is 0.805. The molecule has 2 fully saturated rings. The van der Waals surface area contributed by atoms with Crippen LogP contribution in [0.25, 0.3) is 0 Å². The van der Waals surface area contributed by atoms with Crippen LogP contribution in [0.3, 0.4) is 0 Å². The molecule has 4 heteroatoms. The zero-order valence-corrected chi connectivity index (χ0v) is 13.6. The van der Waals surface area contributed by atoms with Crippen molar-refractivity contribution in [2.45, 2.75) is 46.6 Å². The van der Waals surface area contributed by atoms with E-state index in [4.69, 9.17) is 0 Å². The third kappa shape index (κ3) is 2.86. The lowest BCUT2D eigenvalue weighted by atomic mass is 9.75. The van der Waals surface area contributed by atoms with E-state index in [1.165, 1.54) is 6.42 Å². The van der Waals surface area contributed by atoms with Crippen LogP contribution < -0.4 is 5.32 Å². The highest BCUT2D eigenvalue weighted by atomic mass is 16.2. The topological polar surface area (TPSA) is 35.6 Å². The monoisotopic (exact) mass is 281 g/mol. The molecule has 0 spiro atoms. The van der Waals surface area contributed by atoms with Gasteiger partial charge in [-0.3, -0.25) is 9.69 Å². The average molecular weight is 281 g/mol. The molecule has 0 aromatic carbocycles. The molecule has 0 saturated carbocycles. The Labute approximate surface area is 123 Å². The van der Waals surface area contributed by atoms with Gasteiger partial charge in [0.05, 0.1) is 5.41 Å². The highest BCUT2D eigenvalue weighted by Gasteiger charge is 2.46. The van der Waals surface area contributed by atoms with E-state index in [2.05, 4.69) is 42.8 Å². The summed E-state index contributed by atoms with van der Waals surface area (Å²) in [6.45, 7) is 14.6. The number of hydrogen-bond donors (Lipinski definition) is 1. The van der Waals surface area contributed by atoms with Gasteiger partial charge in [0.2, 0.25) is 5.91 Å². The summed E-state index contributed by atoms with van der Waals surface area (Å²) >= 11 is 0. The van der Waals surface area contributed by atoms with Gasteiger partial charge in [0, 0.05) is 38.8 Å². The Kier molecular flexibility index (Phi) is 5.08. The Bertz CT molecular complexity index is 329. The van der Waals surface area contributed by atoms with E-state index in [0.717, 1.165) is 45.7 Å². The van der Waals surface area contributed by atoms with E-state index in [-0.39, 0.29) is 5.41 Å². The minimum Gasteiger partial charge on any atom is -0.340 e. The maximum atomic E-state index is 13.0. The number of hydrogen-bond acceptors (Lipinski definition) is 3. The van der Waals surface area contributed by atoms with Gasteiger partial charge in [0.1, 0.15) is 0 Å². The lowest BCUT2D eigenvalue weighted by Crippen LogP contribution is -2.56. The smallest absolute Gasteiger partial charge is 0.230 e. The average Bonchev–Trinajstić information content (AvgIpc) is 2.96. The molecule has 2 saturated heterocycles. The first-order valence-corrected chi connectivity index (χ1v) is 8.25. The summed E-state index contributed by atoms with van der Waals surface area (Å²) in [6, 6.07) is 0.638. The quantitative estimate of drug-likeness (QED) is 0.849. The lowest BCUT2D eigenvalue weighted by Gasteiger charge is -2.42. The van der Waals surface area contributed by atoms with E-state index in [1.807, 2.05) is 0 Å². The predicted octanol–water partition coefficient (Wildman–Crippen LogP) is 1.56. The zero-order valence-electron chi connectivity index (χ0n) is 13.6. The summed E-state index contributed by atoms with van der Waals surface area (Å²) < 4.78 is 0. The summed E-state index contributed by atoms with van der Waals surface area (Å²) in [7, 11) is 0. The van der Waals surface area contributed by atoms with Crippen molar-refractivity contribution in [2.24, 2.45) is 11.3 Å². The largest absolute Gasteiger partial charge is 0.340 e. The van der Waals surface area contributed by atoms with Crippen molar-refractivity contribution in [3.8, 4) is 0 Å². The molecule has 0 radical (unpaired) electrons. The van der Waals surface area contributed by atoms with E-state index in [9.17, 15) is 4.79 Å². The van der Waals surface area contributed by atoms with Crippen LogP contribution in [0.15, 0.2) is 0 Å². The lowest BCUT2D eigenvalue weighted by molar-refractivity contribution is -0.145. The number of carbonyl (C=O) groups excluding carboxylic acids is 1. The van der Waals surface area contributed by atoms with Crippen molar-refractivity contribution in [3.63, 3.8) is 0 Å². The van der Waals surface area contributed by atoms with Crippen molar-refractivity contribution in [2.75, 3.05) is 39.3 Å². The summed E-state index contributed by atoms with van der Waals surface area (Å²) in [6.07, 6.45) is 2.18. The Hall–Kier alpha value is -0.610. The predicted molar refractivity (Wildman–Crippen MR) is 82.7 cm³/mol. The van der Waals surface area contributed by atoms with Gasteiger partial charge in [-0.2, -0.15) is 0 Å². The number of piperazine rings is 1. The standard InChI is InChI=1S/C16H31N3O/c1-5-14(4)18-8-10-19(11-9-18)15(20)16(13(2)3)6-7-17-12-16/h13-14,17H,5-12H2,1-4H3. The molecule has 1 N–H and O–H groups in total. The molecule has 0 aliphatic carbocycles. The summed E-state index contributed by atoms with van der Waals surface area (Å²) in [5.41, 5.74) is -0.154. The fraction of sp³-hybridized carbons (Fsp3) is 0.938. The first-order valence-electron chi connectivity index (χ1n) is 8.25. The van der Waals surface area contributed by atoms with Crippen molar-refractivity contribution in [1.29, 1.82) is 0 Å². The molecule has 2 rings (SSSR count). The highest BCUT2D eigenvalue weighted by Crippen LogP contribution is 2.36. The third-order valence-electron chi connectivity index (χ3n) is 5.54. The molecule has 4 nitrogen and oxygen atoms in total. The maximum absolute atomic E-state index is 13.0. The SMILES string of the molecule is CCC(C)N1CCN(C(=O)C2(C(C)C)CCNC2)CC1. The summed E-state index contributed by atoms with van der Waals surface area (Å²) in [5, 5.41) is 3.39. The second-order valence-corrected chi connectivity index (χ2v) is 6.82. The van der Waals surface area contributed by atoms with Crippen LogP contribution in [0, 0.1) is 11.3 Å². The van der Waals surface area contributed by atoms with Crippen LogP contribution in [0.4, 0.5) is 0 Å². The van der Waals surface area contributed by atoms with Gasteiger partial charge in [0.15, 0.2) is 0 Å². The molecule has 2 aliphatic heterocycles. The van der Waals surface area contributed by atoms with Crippen LogP contribution in [-0.4, -0.2) is 61.0 Å². The van der Waals surface area contributed by atoms with Crippen molar-refractivity contribution < 1.29 is 4.79 Å².